The highest BCUT2D eigenvalue weighted by Gasteiger charge is 2.15. The van der Waals surface area contributed by atoms with Crippen molar-refractivity contribution in [3.63, 3.8) is 0 Å². The Hall–Kier alpha value is 0.380. The van der Waals surface area contributed by atoms with E-state index in [0.29, 0.717) is 4.21 Å². The van der Waals surface area contributed by atoms with Gasteiger partial charge in [-0.2, -0.15) is 0 Å². The Kier molecular flexibility index (Phi) is 2.93. The monoisotopic (exact) mass is 302 g/mol. The molecule has 5 heteroatoms. The number of halogens is 1. The van der Waals surface area contributed by atoms with E-state index < -0.39 is 9.84 Å². The van der Waals surface area contributed by atoms with Gasteiger partial charge in [-0.25, -0.2) is 8.42 Å². The van der Waals surface area contributed by atoms with Gasteiger partial charge in [-0.3, -0.25) is 0 Å². The molecule has 1 rings (SSSR count). The summed E-state index contributed by atoms with van der Waals surface area (Å²) in [5.74, 6) is 0.184. The Balaban J connectivity index is 3.22. The minimum absolute atomic E-state index is 0.184. The summed E-state index contributed by atoms with van der Waals surface area (Å²) < 4.78 is 23.9. The Morgan fingerprint density at radius 3 is 2.64 bits per heavy atom. The molecule has 0 aliphatic rings. The van der Waals surface area contributed by atoms with Gasteiger partial charge in [0.1, 0.15) is 4.21 Å². The summed E-state index contributed by atoms with van der Waals surface area (Å²) >= 11 is 3.32. The van der Waals surface area contributed by atoms with Crippen LogP contribution in [0.4, 0.5) is 0 Å². The molecule has 0 bridgehead atoms. The number of sulfone groups is 1. The third-order valence-electron chi connectivity index (χ3n) is 1.25. The first-order valence-corrected chi connectivity index (χ1v) is 6.64. The van der Waals surface area contributed by atoms with Crippen LogP contribution in [0.3, 0.4) is 0 Å². The van der Waals surface area contributed by atoms with E-state index in [1.54, 1.807) is 12.3 Å². The van der Waals surface area contributed by atoms with Crippen LogP contribution in [-0.4, -0.2) is 14.2 Å². The van der Waals surface area contributed by atoms with Crippen LogP contribution in [0, 0.1) is 3.57 Å². The summed E-state index contributed by atoms with van der Waals surface area (Å²) in [7, 11) is -2.97. The van der Waals surface area contributed by atoms with Gasteiger partial charge in [0, 0.05) is 3.57 Å². The molecule has 0 saturated carbocycles. The molecule has 0 aliphatic carbocycles. The number of hydrogen-bond acceptors (Lipinski definition) is 3. The lowest BCUT2D eigenvalue weighted by atomic mass is 10.7. The zero-order valence-electron chi connectivity index (χ0n) is 5.87. The van der Waals surface area contributed by atoms with Crippen molar-refractivity contribution in [1.82, 2.24) is 0 Å². The van der Waals surface area contributed by atoms with Crippen molar-refractivity contribution in [3.05, 3.63) is 15.0 Å². The van der Waals surface area contributed by atoms with Crippen molar-refractivity contribution < 1.29 is 8.42 Å². The van der Waals surface area contributed by atoms with Crippen LogP contribution in [0.15, 0.2) is 15.7 Å². The molecule has 0 fully saturated rings. The summed E-state index contributed by atoms with van der Waals surface area (Å²) in [5.41, 5.74) is 0. The van der Waals surface area contributed by atoms with E-state index in [9.17, 15) is 8.42 Å². The van der Waals surface area contributed by atoms with Crippen LogP contribution in [0.2, 0.25) is 0 Å². The molecule has 0 unspecified atom stereocenters. The topological polar surface area (TPSA) is 34.1 Å². The van der Waals surface area contributed by atoms with Gasteiger partial charge in [0.2, 0.25) is 0 Å². The molecule has 0 aliphatic heterocycles. The first kappa shape index (κ1) is 9.47. The molecule has 0 spiro atoms. The van der Waals surface area contributed by atoms with Crippen molar-refractivity contribution >= 4 is 43.8 Å². The van der Waals surface area contributed by atoms with E-state index in [1.165, 1.54) is 11.3 Å². The van der Waals surface area contributed by atoms with Crippen LogP contribution in [0.25, 0.3) is 0 Å². The van der Waals surface area contributed by atoms with E-state index >= 15 is 0 Å². The summed E-state index contributed by atoms with van der Waals surface area (Å²) in [4.78, 5) is 0. The Morgan fingerprint density at radius 1 is 1.64 bits per heavy atom. The quantitative estimate of drug-likeness (QED) is 0.785. The predicted molar refractivity (Wildman–Crippen MR) is 54.8 cm³/mol. The zero-order valence-corrected chi connectivity index (χ0v) is 9.66. The number of thiophene rings is 1. The van der Waals surface area contributed by atoms with E-state index in [-0.39, 0.29) is 5.75 Å². The fourth-order valence-corrected chi connectivity index (χ4v) is 4.69. The summed E-state index contributed by atoms with van der Waals surface area (Å²) in [6.07, 6.45) is 0. The highest BCUT2D eigenvalue weighted by molar-refractivity contribution is 14.1. The maximum Gasteiger partial charge on any atom is 0.188 e. The van der Waals surface area contributed by atoms with Gasteiger partial charge in [0.15, 0.2) is 9.84 Å². The highest BCUT2D eigenvalue weighted by Crippen LogP contribution is 2.24. The van der Waals surface area contributed by atoms with Crippen LogP contribution in [0.5, 0.6) is 0 Å². The van der Waals surface area contributed by atoms with Gasteiger partial charge in [0.25, 0.3) is 0 Å². The molecule has 2 nitrogen and oxygen atoms in total. The predicted octanol–water partition coefficient (Wildman–Crippen LogP) is 2.15. The fourth-order valence-electron chi connectivity index (χ4n) is 0.633. The molecule has 0 atom stereocenters. The van der Waals surface area contributed by atoms with Gasteiger partial charge in [-0.15, -0.1) is 11.3 Å². The minimum atomic E-state index is -2.97. The van der Waals surface area contributed by atoms with Crippen LogP contribution in [0.1, 0.15) is 6.92 Å². The Morgan fingerprint density at radius 2 is 2.27 bits per heavy atom. The number of hydrogen-bond donors (Lipinski definition) is 0. The van der Waals surface area contributed by atoms with E-state index in [4.69, 9.17) is 0 Å². The third kappa shape index (κ3) is 1.94. The number of rotatable bonds is 2. The van der Waals surface area contributed by atoms with Crippen molar-refractivity contribution in [2.24, 2.45) is 0 Å². The Labute approximate surface area is 83.7 Å². The summed E-state index contributed by atoms with van der Waals surface area (Å²) in [6.45, 7) is 1.66. The van der Waals surface area contributed by atoms with Gasteiger partial charge in [-0.05, 0) is 34.0 Å². The second-order valence-corrected chi connectivity index (χ2v) is 6.51. The molecule has 1 aromatic rings. The second-order valence-electron chi connectivity index (χ2n) is 1.96. The van der Waals surface area contributed by atoms with Crippen molar-refractivity contribution in [1.29, 1.82) is 0 Å². The normalized spacial score (nSPS) is 11.8. The van der Waals surface area contributed by atoms with Crippen LogP contribution in [-0.2, 0) is 9.84 Å². The second kappa shape index (κ2) is 3.40. The van der Waals surface area contributed by atoms with Gasteiger partial charge in [-0.1, -0.05) is 6.92 Å². The van der Waals surface area contributed by atoms with Gasteiger partial charge in [0.05, 0.1) is 5.75 Å². The lowest BCUT2D eigenvalue weighted by Crippen LogP contribution is -2.02. The van der Waals surface area contributed by atoms with E-state index in [0.717, 1.165) is 3.57 Å². The van der Waals surface area contributed by atoms with Crippen molar-refractivity contribution in [2.45, 2.75) is 11.1 Å². The highest BCUT2D eigenvalue weighted by atomic mass is 127. The molecule has 0 aromatic carbocycles. The molecular weight excluding hydrogens is 295 g/mol. The Bertz CT molecular complexity index is 339. The fraction of sp³-hybridized carbons (Fsp3) is 0.333. The summed E-state index contributed by atoms with van der Waals surface area (Å²) in [5, 5.41) is 1.80. The van der Waals surface area contributed by atoms with Gasteiger partial charge >= 0.3 is 0 Å². The third-order valence-corrected chi connectivity index (χ3v) is 6.18. The maximum absolute atomic E-state index is 11.3. The molecule has 1 heterocycles. The zero-order chi connectivity index (χ0) is 8.48. The molecule has 0 N–H and O–H groups in total. The van der Waals surface area contributed by atoms with Crippen molar-refractivity contribution in [3.8, 4) is 0 Å². The molecule has 62 valence electrons. The smallest absolute Gasteiger partial charge is 0.188 e. The molecule has 11 heavy (non-hydrogen) atoms. The van der Waals surface area contributed by atoms with Gasteiger partial charge < -0.3 is 0 Å². The first-order valence-electron chi connectivity index (χ1n) is 3.03. The first-order chi connectivity index (χ1) is 5.08. The van der Waals surface area contributed by atoms with E-state index in [2.05, 4.69) is 0 Å². The lowest BCUT2D eigenvalue weighted by Gasteiger charge is -1.95. The van der Waals surface area contributed by atoms with Crippen molar-refractivity contribution in [2.75, 3.05) is 5.75 Å². The average molecular weight is 302 g/mol. The average Bonchev–Trinajstić information content (AvgIpc) is 2.36. The van der Waals surface area contributed by atoms with Crippen LogP contribution < -0.4 is 0 Å². The molecule has 0 saturated heterocycles. The standard InChI is InChI=1S/C6H7IO2S2/c1-2-11(8,9)6-5(7)3-4-10-6/h3-4H,2H2,1H3. The largest absolute Gasteiger partial charge is 0.223 e. The molecule has 0 radical (unpaired) electrons. The molecule has 1 aromatic heterocycles. The molecule has 0 amide bonds. The van der Waals surface area contributed by atoms with E-state index in [1.807, 2.05) is 28.7 Å². The summed E-state index contributed by atoms with van der Waals surface area (Å²) in [6, 6.07) is 1.81. The SMILES string of the molecule is CCS(=O)(=O)c1sccc1I. The maximum atomic E-state index is 11.3. The van der Waals surface area contributed by atoms with Crippen LogP contribution >= 0.6 is 33.9 Å². The minimum Gasteiger partial charge on any atom is -0.223 e. The molecular formula is C6H7IO2S2. The lowest BCUT2D eigenvalue weighted by molar-refractivity contribution is 0.599.